The molecule has 0 N–H and O–H groups in total. The van der Waals surface area contributed by atoms with Crippen LogP contribution in [0, 0.1) is 0 Å². The monoisotopic (exact) mass is 384 g/mol. The molecule has 0 aromatic carbocycles. The van der Waals surface area contributed by atoms with Gasteiger partial charge in [-0.2, -0.15) is 26.3 Å². The molecule has 120 valence electrons. The fourth-order valence-electron chi connectivity index (χ4n) is 1.39. The summed E-state index contributed by atoms with van der Waals surface area (Å²) in [5.74, 6) is -1.70. The third-order valence-corrected chi connectivity index (χ3v) is 4.84. The Balaban J connectivity index is 5.37. The third-order valence-electron chi connectivity index (χ3n) is 2.22. The molecule has 0 radical (unpaired) electrons. The van der Waals surface area contributed by atoms with E-state index in [0.717, 1.165) is 0 Å². The van der Waals surface area contributed by atoms with Gasteiger partial charge in [-0.05, 0) is 12.5 Å². The van der Waals surface area contributed by atoms with E-state index in [-0.39, 0.29) is 0 Å². The molecular formula is C8H9Cl3F6O2Si. The number of esters is 1. The lowest BCUT2D eigenvalue weighted by Gasteiger charge is -2.36. The molecule has 2 nitrogen and oxygen atoms in total. The van der Waals surface area contributed by atoms with Gasteiger partial charge in [0.1, 0.15) is 0 Å². The second kappa shape index (κ2) is 6.49. The molecule has 0 aromatic heterocycles. The second-order valence-corrected chi connectivity index (χ2v) is 13.2. The van der Waals surface area contributed by atoms with Gasteiger partial charge in [0, 0.05) is 13.3 Å². The highest BCUT2D eigenvalue weighted by Gasteiger charge is 2.73. The van der Waals surface area contributed by atoms with Gasteiger partial charge in [-0.1, -0.05) is 0 Å². The SMILES string of the molecule is CC(=O)OC(CCC[Si](Cl)(Cl)Cl)(C(F)(F)F)C(F)(F)F. The standard InChI is InChI=1S/C8H9Cl3F6O2Si/c1-5(18)19-6(7(12,13)14,8(15,16)17)3-2-4-20(9,10)11/h2-4H2,1H3. The van der Waals surface area contributed by atoms with Crippen molar-refractivity contribution in [2.75, 3.05) is 0 Å². The third kappa shape index (κ3) is 5.49. The first kappa shape index (κ1) is 20.1. The van der Waals surface area contributed by atoms with Crippen LogP contribution in [0.2, 0.25) is 6.04 Å². The average Bonchev–Trinajstić information content (AvgIpc) is 2.09. The van der Waals surface area contributed by atoms with Gasteiger partial charge in [0.25, 0.3) is 0 Å². The van der Waals surface area contributed by atoms with E-state index < -0.39 is 48.8 Å². The second-order valence-electron chi connectivity index (χ2n) is 3.88. The van der Waals surface area contributed by atoms with Crippen LogP contribution in [0.25, 0.3) is 0 Å². The minimum atomic E-state index is -5.83. The molecule has 0 bridgehead atoms. The zero-order valence-corrected chi connectivity index (χ0v) is 13.1. The van der Waals surface area contributed by atoms with E-state index in [1.807, 2.05) is 0 Å². The summed E-state index contributed by atoms with van der Waals surface area (Å²) < 4.78 is 80.2. The Kier molecular flexibility index (Phi) is 6.54. The van der Waals surface area contributed by atoms with Crippen LogP contribution in [0.3, 0.4) is 0 Å². The largest absolute Gasteiger partial charge is 0.440 e. The van der Waals surface area contributed by atoms with Gasteiger partial charge in [0.2, 0.25) is 0 Å². The van der Waals surface area contributed by atoms with Gasteiger partial charge in [0.05, 0.1) is 0 Å². The van der Waals surface area contributed by atoms with E-state index in [4.69, 9.17) is 33.2 Å². The van der Waals surface area contributed by atoms with E-state index in [1.54, 1.807) is 0 Å². The fourth-order valence-corrected chi connectivity index (χ4v) is 3.17. The van der Waals surface area contributed by atoms with E-state index in [0.29, 0.717) is 6.92 Å². The van der Waals surface area contributed by atoms with Crippen LogP contribution in [0.1, 0.15) is 19.8 Å². The zero-order chi connectivity index (χ0) is 16.4. The Labute approximate surface area is 125 Å². The number of hydrogen-bond acceptors (Lipinski definition) is 2. The molecule has 0 aliphatic carbocycles. The number of ether oxygens (including phenoxy) is 1. The number of carbonyl (C=O) groups is 1. The molecule has 12 heteroatoms. The van der Waals surface area contributed by atoms with Crippen LogP contribution in [0.5, 0.6) is 0 Å². The Hall–Kier alpha value is 0.137. The highest BCUT2D eigenvalue weighted by atomic mass is 35.8. The topological polar surface area (TPSA) is 26.3 Å². The Bertz CT molecular complexity index is 338. The van der Waals surface area contributed by atoms with E-state index in [2.05, 4.69) is 4.74 Å². The van der Waals surface area contributed by atoms with Crippen LogP contribution in [-0.4, -0.2) is 29.9 Å². The molecular weight excluding hydrogens is 377 g/mol. The van der Waals surface area contributed by atoms with Gasteiger partial charge in [-0.25, -0.2) is 0 Å². The predicted molar refractivity (Wildman–Crippen MR) is 64.0 cm³/mol. The first-order valence-corrected chi connectivity index (χ1v) is 10.3. The summed E-state index contributed by atoms with van der Waals surface area (Å²) in [5.41, 5.74) is -4.59. The number of alkyl halides is 6. The number of hydrogen-bond donors (Lipinski definition) is 0. The predicted octanol–water partition coefficient (Wildman–Crippen LogP) is 4.85. The Morgan fingerprint density at radius 1 is 1.05 bits per heavy atom. The summed E-state index contributed by atoms with van der Waals surface area (Å²) in [6.45, 7) is 0.454. The van der Waals surface area contributed by atoms with Crippen molar-refractivity contribution < 1.29 is 35.9 Å². The molecule has 0 atom stereocenters. The molecule has 0 aromatic rings. The smallest absolute Gasteiger partial charge is 0.437 e. The van der Waals surface area contributed by atoms with E-state index >= 15 is 0 Å². The number of carbonyl (C=O) groups excluding carboxylic acids is 1. The molecule has 0 amide bonds. The lowest BCUT2D eigenvalue weighted by molar-refractivity contribution is -0.371. The van der Waals surface area contributed by atoms with Crippen molar-refractivity contribution in [2.45, 2.75) is 43.8 Å². The maximum Gasteiger partial charge on any atom is 0.437 e. The number of rotatable bonds is 5. The lowest BCUT2D eigenvalue weighted by Crippen LogP contribution is -2.59. The summed E-state index contributed by atoms with van der Waals surface area (Å²) in [7, 11) is 0. The van der Waals surface area contributed by atoms with Gasteiger partial charge >= 0.3 is 29.9 Å². The van der Waals surface area contributed by atoms with Crippen LogP contribution >= 0.6 is 33.2 Å². The highest BCUT2D eigenvalue weighted by Crippen LogP contribution is 2.49. The van der Waals surface area contributed by atoms with Gasteiger partial charge in [-0.15, -0.1) is 33.2 Å². The molecule has 0 aliphatic rings. The molecule has 0 fully saturated rings. The molecule has 0 heterocycles. The summed E-state index contributed by atoms with van der Waals surface area (Å²) in [6, 6.07) is -3.80. The molecule has 0 saturated carbocycles. The van der Waals surface area contributed by atoms with Crippen molar-refractivity contribution in [1.29, 1.82) is 0 Å². The lowest BCUT2D eigenvalue weighted by atomic mass is 9.96. The maximum atomic E-state index is 12.8. The minimum Gasteiger partial charge on any atom is -0.440 e. The van der Waals surface area contributed by atoms with Crippen LogP contribution < -0.4 is 0 Å². The van der Waals surface area contributed by atoms with Crippen molar-refractivity contribution in [3.05, 3.63) is 0 Å². The summed E-state index contributed by atoms with van der Waals surface area (Å²) >= 11 is 16.2. The van der Waals surface area contributed by atoms with Crippen LogP contribution in [0.15, 0.2) is 0 Å². The van der Waals surface area contributed by atoms with Crippen molar-refractivity contribution in [2.24, 2.45) is 0 Å². The normalized spacial score (nSPS) is 14.3. The van der Waals surface area contributed by atoms with Crippen LogP contribution in [-0.2, 0) is 9.53 Å². The quantitative estimate of drug-likeness (QED) is 0.293. The van der Waals surface area contributed by atoms with Crippen molar-refractivity contribution in [3.8, 4) is 0 Å². The van der Waals surface area contributed by atoms with E-state index in [1.165, 1.54) is 0 Å². The number of halogens is 9. The molecule has 0 rings (SSSR count). The van der Waals surface area contributed by atoms with Crippen LogP contribution in [0.4, 0.5) is 26.3 Å². The van der Waals surface area contributed by atoms with Crippen molar-refractivity contribution in [1.82, 2.24) is 0 Å². The van der Waals surface area contributed by atoms with Gasteiger partial charge in [0.15, 0.2) is 0 Å². The first-order chi connectivity index (χ1) is 8.62. The zero-order valence-electron chi connectivity index (χ0n) is 9.84. The summed E-state index contributed by atoms with van der Waals surface area (Å²) in [4.78, 5) is 10.6. The molecule has 0 spiro atoms. The molecule has 0 aliphatic heterocycles. The summed E-state index contributed by atoms with van der Waals surface area (Å²) in [5, 5.41) is 0. The molecule has 20 heavy (non-hydrogen) atoms. The van der Waals surface area contributed by atoms with Gasteiger partial charge < -0.3 is 4.74 Å². The van der Waals surface area contributed by atoms with Gasteiger partial charge in [-0.3, -0.25) is 4.79 Å². The Morgan fingerprint density at radius 3 is 1.70 bits per heavy atom. The maximum absolute atomic E-state index is 12.8. The van der Waals surface area contributed by atoms with Crippen molar-refractivity contribution in [3.63, 3.8) is 0 Å². The Morgan fingerprint density at radius 2 is 1.45 bits per heavy atom. The molecule has 0 unspecified atom stereocenters. The minimum absolute atomic E-state index is 0.424. The summed E-state index contributed by atoms with van der Waals surface area (Å²) in [6.07, 6.45) is -13.9. The first-order valence-electron chi connectivity index (χ1n) is 5.02. The van der Waals surface area contributed by atoms with E-state index in [9.17, 15) is 31.1 Å². The highest BCUT2D eigenvalue weighted by molar-refractivity contribution is 7.64. The molecule has 0 saturated heterocycles. The fraction of sp³-hybridized carbons (Fsp3) is 0.875. The average molecular weight is 386 g/mol. The van der Waals surface area contributed by atoms with Crippen molar-refractivity contribution >= 4 is 45.2 Å².